The van der Waals surface area contributed by atoms with Gasteiger partial charge in [-0.1, -0.05) is 32.4 Å². The fourth-order valence-electron chi connectivity index (χ4n) is 4.67. The summed E-state index contributed by atoms with van der Waals surface area (Å²) in [5, 5.41) is 3.45. The van der Waals surface area contributed by atoms with Gasteiger partial charge in [0.1, 0.15) is 31.0 Å². The van der Waals surface area contributed by atoms with Crippen molar-refractivity contribution >= 4 is 29.5 Å². The standard InChI is InChI=1S/C21H27ClN2O5/c1-14-10-20(2,3)13-21(11-14)18(26)24(19(27)23-21)12-17(25)29-9-8-28-16-6-4-15(22)5-7-16/h4-7,14H,8-13H2,1-3H3,(H,23,27)/t14-,21-/m1/s1. The van der Waals surface area contributed by atoms with E-state index in [1.165, 1.54) is 0 Å². The summed E-state index contributed by atoms with van der Waals surface area (Å²) in [6.45, 7) is 6.05. The minimum atomic E-state index is -0.920. The van der Waals surface area contributed by atoms with Crippen LogP contribution in [0, 0.1) is 11.3 Å². The van der Waals surface area contributed by atoms with Gasteiger partial charge in [-0.2, -0.15) is 0 Å². The number of carbonyl (C=O) groups excluding carboxylic acids is 3. The normalized spacial score (nSPS) is 25.8. The number of imide groups is 1. The smallest absolute Gasteiger partial charge is 0.326 e. The first kappa shape index (κ1) is 21.4. The lowest BCUT2D eigenvalue weighted by atomic mass is 9.64. The molecular weight excluding hydrogens is 396 g/mol. The van der Waals surface area contributed by atoms with Crippen LogP contribution in [0.4, 0.5) is 4.79 Å². The third kappa shape index (κ3) is 5.01. The molecule has 158 valence electrons. The minimum Gasteiger partial charge on any atom is -0.490 e. The van der Waals surface area contributed by atoms with Crippen molar-refractivity contribution in [3.8, 4) is 5.75 Å². The van der Waals surface area contributed by atoms with E-state index in [9.17, 15) is 14.4 Å². The lowest BCUT2D eigenvalue weighted by molar-refractivity contribution is -0.149. The van der Waals surface area contributed by atoms with Crippen LogP contribution in [0.1, 0.15) is 40.0 Å². The highest BCUT2D eigenvalue weighted by molar-refractivity contribution is 6.30. The van der Waals surface area contributed by atoms with Crippen LogP contribution in [0.2, 0.25) is 5.02 Å². The molecule has 1 aliphatic carbocycles. The molecule has 2 atom stereocenters. The van der Waals surface area contributed by atoms with E-state index in [4.69, 9.17) is 21.1 Å². The second-order valence-corrected chi connectivity index (χ2v) is 9.22. The first-order chi connectivity index (χ1) is 13.6. The number of ether oxygens (including phenoxy) is 2. The van der Waals surface area contributed by atoms with Gasteiger partial charge < -0.3 is 14.8 Å². The molecule has 1 spiro atoms. The van der Waals surface area contributed by atoms with Crippen LogP contribution in [0.3, 0.4) is 0 Å². The highest BCUT2D eigenvalue weighted by Crippen LogP contribution is 2.46. The Balaban J connectivity index is 1.50. The predicted molar refractivity (Wildman–Crippen MR) is 108 cm³/mol. The number of amides is 3. The number of hydrogen-bond donors (Lipinski definition) is 1. The maximum Gasteiger partial charge on any atom is 0.326 e. The van der Waals surface area contributed by atoms with Crippen molar-refractivity contribution in [1.82, 2.24) is 10.2 Å². The van der Waals surface area contributed by atoms with Crippen LogP contribution in [0.25, 0.3) is 0 Å². The molecule has 1 saturated carbocycles. The molecular formula is C21H27ClN2O5. The summed E-state index contributed by atoms with van der Waals surface area (Å²) in [5.74, 6) is -0.0692. The number of rotatable bonds is 6. The molecule has 1 aromatic carbocycles. The molecule has 8 heteroatoms. The summed E-state index contributed by atoms with van der Waals surface area (Å²) in [4.78, 5) is 38.5. The third-order valence-corrected chi connectivity index (χ3v) is 5.59. The first-order valence-corrected chi connectivity index (χ1v) is 10.2. The molecule has 1 aliphatic heterocycles. The monoisotopic (exact) mass is 422 g/mol. The van der Waals surface area contributed by atoms with E-state index in [1.807, 2.05) is 0 Å². The molecule has 29 heavy (non-hydrogen) atoms. The molecule has 7 nitrogen and oxygen atoms in total. The maximum absolute atomic E-state index is 13.0. The Morgan fingerprint density at radius 1 is 1.21 bits per heavy atom. The molecule has 3 rings (SSSR count). The number of carbonyl (C=O) groups is 3. The Labute approximate surface area is 175 Å². The van der Waals surface area contributed by atoms with Crippen molar-refractivity contribution in [3.63, 3.8) is 0 Å². The quantitative estimate of drug-likeness (QED) is 0.431. The number of hydrogen-bond acceptors (Lipinski definition) is 5. The topological polar surface area (TPSA) is 84.9 Å². The zero-order valence-corrected chi connectivity index (χ0v) is 17.8. The maximum atomic E-state index is 13.0. The van der Waals surface area contributed by atoms with E-state index in [0.29, 0.717) is 29.5 Å². The van der Waals surface area contributed by atoms with Gasteiger partial charge >= 0.3 is 12.0 Å². The minimum absolute atomic E-state index is 0.0142. The second-order valence-electron chi connectivity index (χ2n) is 8.78. The van der Waals surface area contributed by atoms with Crippen molar-refractivity contribution in [2.75, 3.05) is 19.8 Å². The molecule has 0 unspecified atom stereocenters. The summed E-state index contributed by atoms with van der Waals surface area (Å²) in [5.41, 5.74) is -0.980. The molecule has 1 N–H and O–H groups in total. The van der Waals surface area contributed by atoms with Gasteiger partial charge in [-0.15, -0.1) is 0 Å². The van der Waals surface area contributed by atoms with Crippen LogP contribution >= 0.6 is 11.6 Å². The highest BCUT2D eigenvalue weighted by atomic mass is 35.5. The van der Waals surface area contributed by atoms with E-state index in [1.54, 1.807) is 24.3 Å². The van der Waals surface area contributed by atoms with Crippen LogP contribution in [0.5, 0.6) is 5.75 Å². The Kier molecular flexibility index (Phi) is 6.08. The fraction of sp³-hybridized carbons (Fsp3) is 0.571. The molecule has 0 radical (unpaired) electrons. The summed E-state index contributed by atoms with van der Waals surface area (Å²) < 4.78 is 10.6. The third-order valence-electron chi connectivity index (χ3n) is 5.34. The van der Waals surface area contributed by atoms with Gasteiger partial charge in [-0.25, -0.2) is 4.79 Å². The van der Waals surface area contributed by atoms with Gasteiger partial charge in [0.15, 0.2) is 0 Å². The molecule has 2 fully saturated rings. The van der Waals surface area contributed by atoms with E-state index in [2.05, 4.69) is 26.1 Å². The number of esters is 1. The first-order valence-electron chi connectivity index (χ1n) is 9.78. The van der Waals surface area contributed by atoms with Crippen molar-refractivity contribution in [2.45, 2.75) is 45.6 Å². The fourth-order valence-corrected chi connectivity index (χ4v) is 4.80. The second kappa shape index (κ2) is 8.22. The van der Waals surface area contributed by atoms with E-state index < -0.39 is 24.1 Å². The van der Waals surface area contributed by atoms with Gasteiger partial charge in [0.05, 0.1) is 0 Å². The van der Waals surface area contributed by atoms with Crippen LogP contribution in [-0.4, -0.2) is 48.1 Å². The highest BCUT2D eigenvalue weighted by Gasteiger charge is 2.56. The largest absolute Gasteiger partial charge is 0.490 e. The SMILES string of the molecule is C[C@@H]1CC(C)(C)C[C@@]2(C1)NC(=O)N(CC(=O)OCCOc1ccc(Cl)cc1)C2=O. The van der Waals surface area contributed by atoms with Gasteiger partial charge in [-0.3, -0.25) is 14.5 Å². The molecule has 3 amide bonds. The van der Waals surface area contributed by atoms with Crippen LogP contribution < -0.4 is 10.1 Å². The average Bonchev–Trinajstić information content (AvgIpc) is 2.82. The van der Waals surface area contributed by atoms with Gasteiger partial charge in [-0.05, 0) is 54.9 Å². The zero-order chi connectivity index (χ0) is 21.2. The van der Waals surface area contributed by atoms with Crippen LogP contribution in [-0.2, 0) is 14.3 Å². The number of urea groups is 1. The summed E-state index contributed by atoms with van der Waals surface area (Å²) >= 11 is 5.81. The molecule has 1 saturated heterocycles. The van der Waals surface area contributed by atoms with Crippen molar-refractivity contribution < 1.29 is 23.9 Å². The van der Waals surface area contributed by atoms with Gasteiger partial charge in [0.2, 0.25) is 0 Å². The Morgan fingerprint density at radius 2 is 1.90 bits per heavy atom. The summed E-state index contributed by atoms with van der Waals surface area (Å²) in [6.07, 6.45) is 2.14. The summed E-state index contributed by atoms with van der Waals surface area (Å²) in [7, 11) is 0. The average molecular weight is 423 g/mol. The van der Waals surface area contributed by atoms with E-state index in [-0.39, 0.29) is 24.5 Å². The van der Waals surface area contributed by atoms with E-state index in [0.717, 1.165) is 11.3 Å². The number of halogens is 1. The molecule has 1 aromatic rings. The van der Waals surface area contributed by atoms with Crippen LogP contribution in [0.15, 0.2) is 24.3 Å². The van der Waals surface area contributed by atoms with Crippen molar-refractivity contribution in [2.24, 2.45) is 11.3 Å². The van der Waals surface area contributed by atoms with Crippen molar-refractivity contribution in [3.05, 3.63) is 29.3 Å². The Morgan fingerprint density at radius 3 is 2.55 bits per heavy atom. The number of nitrogens with zero attached hydrogens (tertiary/aromatic N) is 1. The van der Waals surface area contributed by atoms with Crippen molar-refractivity contribution in [1.29, 1.82) is 0 Å². The molecule has 1 heterocycles. The lowest BCUT2D eigenvalue weighted by Crippen LogP contribution is -2.54. The van der Waals surface area contributed by atoms with E-state index >= 15 is 0 Å². The Hall–Kier alpha value is -2.28. The molecule has 0 aromatic heterocycles. The zero-order valence-electron chi connectivity index (χ0n) is 17.0. The molecule has 2 aliphatic rings. The molecule has 0 bridgehead atoms. The predicted octanol–water partition coefficient (Wildman–Crippen LogP) is 3.40. The summed E-state index contributed by atoms with van der Waals surface area (Å²) in [6, 6.07) is 6.29. The van der Waals surface area contributed by atoms with Gasteiger partial charge in [0, 0.05) is 5.02 Å². The number of benzene rings is 1. The van der Waals surface area contributed by atoms with Gasteiger partial charge in [0.25, 0.3) is 5.91 Å². The Bertz CT molecular complexity index is 795. The number of nitrogens with one attached hydrogen (secondary N) is 1. The lowest BCUT2D eigenvalue weighted by Gasteiger charge is -2.43.